The number of rotatable bonds is 5. The Balaban J connectivity index is 2.28. The highest BCUT2D eigenvalue weighted by Gasteiger charge is 2.18. The second kappa shape index (κ2) is 7.16. The minimum Gasteiger partial charge on any atom is -0.468 e. The summed E-state index contributed by atoms with van der Waals surface area (Å²) in [5.74, 6) is -0.611. The number of nitrogens with two attached hydrogens (primary N) is 1. The zero-order valence-electron chi connectivity index (χ0n) is 13.7. The molecular formula is C14H13N3O6S4. The summed E-state index contributed by atoms with van der Waals surface area (Å²) in [5.41, 5.74) is 0.429. The first kappa shape index (κ1) is 19.7. The van der Waals surface area contributed by atoms with Crippen LogP contribution in [0.25, 0.3) is 10.2 Å². The summed E-state index contributed by atoms with van der Waals surface area (Å²) in [6, 6.07) is 7.01. The summed E-state index contributed by atoms with van der Waals surface area (Å²) in [5, 5.41) is 6.74. The van der Waals surface area contributed by atoms with Crippen LogP contribution in [0.2, 0.25) is 0 Å². The van der Waals surface area contributed by atoms with Gasteiger partial charge >= 0.3 is 5.97 Å². The molecule has 0 atom stereocenters. The van der Waals surface area contributed by atoms with Crippen molar-refractivity contribution in [2.75, 3.05) is 7.11 Å². The molecule has 0 saturated carbocycles. The van der Waals surface area contributed by atoms with Crippen LogP contribution in [0.1, 0.15) is 0 Å². The van der Waals surface area contributed by atoms with E-state index in [1.54, 1.807) is 11.4 Å². The highest BCUT2D eigenvalue weighted by molar-refractivity contribution is 7.92. The molecule has 3 aromatic rings. The molecule has 0 bridgehead atoms. The maximum absolute atomic E-state index is 12.5. The summed E-state index contributed by atoms with van der Waals surface area (Å²) in [6.45, 7) is -0.288. The van der Waals surface area contributed by atoms with E-state index in [0.717, 1.165) is 22.7 Å². The normalized spacial score (nSPS) is 13.2. The van der Waals surface area contributed by atoms with Gasteiger partial charge in [-0.15, -0.1) is 15.7 Å². The highest BCUT2D eigenvalue weighted by atomic mass is 32.2. The lowest BCUT2D eigenvalue weighted by Gasteiger charge is -2.04. The van der Waals surface area contributed by atoms with Crippen LogP contribution in [0.15, 0.2) is 49.2 Å². The number of thiazole rings is 1. The summed E-state index contributed by atoms with van der Waals surface area (Å²) >= 11 is 1.94. The van der Waals surface area contributed by atoms with Crippen molar-refractivity contribution in [2.45, 2.75) is 15.6 Å². The number of hydrogen-bond donors (Lipinski definition) is 1. The topological polar surface area (TPSA) is 138 Å². The van der Waals surface area contributed by atoms with E-state index < -0.39 is 26.0 Å². The number of hydrogen-bond acceptors (Lipinski definition) is 8. The van der Waals surface area contributed by atoms with Crippen molar-refractivity contribution >= 4 is 58.9 Å². The number of carbonyl (C=O) groups is 1. The van der Waals surface area contributed by atoms with Crippen LogP contribution >= 0.6 is 22.7 Å². The SMILES string of the molecule is COC(=O)Cn1/c(=N/S(=O)(=O)c2cccs2)sc2cc(S(N)(=O)=O)ccc21. The molecular weight excluding hydrogens is 434 g/mol. The van der Waals surface area contributed by atoms with Crippen molar-refractivity contribution in [2.24, 2.45) is 9.54 Å². The average Bonchev–Trinajstić information content (AvgIpc) is 3.22. The van der Waals surface area contributed by atoms with Gasteiger partial charge in [-0.1, -0.05) is 17.4 Å². The van der Waals surface area contributed by atoms with Crippen molar-refractivity contribution in [1.29, 1.82) is 0 Å². The summed E-state index contributed by atoms with van der Waals surface area (Å²) < 4.78 is 58.4. The van der Waals surface area contributed by atoms with Gasteiger partial charge in [-0.2, -0.15) is 8.42 Å². The molecule has 0 aliphatic rings. The Hall–Kier alpha value is -2.06. The van der Waals surface area contributed by atoms with Crippen LogP contribution in [-0.2, 0) is 36.1 Å². The summed E-state index contributed by atoms with van der Waals surface area (Å²) in [6.07, 6.45) is 0. The zero-order valence-corrected chi connectivity index (χ0v) is 17.0. The number of primary sulfonamides is 1. The van der Waals surface area contributed by atoms with Crippen molar-refractivity contribution in [3.05, 3.63) is 40.5 Å². The van der Waals surface area contributed by atoms with Gasteiger partial charge < -0.3 is 9.30 Å². The minimum atomic E-state index is -3.98. The molecule has 13 heteroatoms. The Kier molecular flexibility index (Phi) is 5.22. The molecule has 0 unspecified atom stereocenters. The number of methoxy groups -OCH3 is 1. The Morgan fingerprint density at radius 1 is 1.26 bits per heavy atom. The van der Waals surface area contributed by atoms with Crippen LogP contribution in [0.4, 0.5) is 0 Å². The first-order valence-corrected chi connectivity index (χ1v) is 11.9. The fraction of sp³-hybridized carbons (Fsp3) is 0.143. The van der Waals surface area contributed by atoms with Crippen molar-refractivity contribution in [3.8, 4) is 0 Å². The third-order valence-corrected chi connectivity index (χ3v) is 8.15. The van der Waals surface area contributed by atoms with Crippen LogP contribution in [0.5, 0.6) is 0 Å². The molecule has 0 radical (unpaired) electrons. The Labute approximate surface area is 162 Å². The molecule has 2 heterocycles. The first-order chi connectivity index (χ1) is 12.6. The predicted octanol–water partition coefficient (Wildman–Crippen LogP) is 0.874. The van der Waals surface area contributed by atoms with Crippen LogP contribution in [0, 0.1) is 0 Å². The molecule has 0 amide bonds. The van der Waals surface area contributed by atoms with Crippen molar-refractivity contribution in [1.82, 2.24) is 4.57 Å². The van der Waals surface area contributed by atoms with Gasteiger partial charge in [0.1, 0.15) is 10.8 Å². The number of esters is 1. The van der Waals surface area contributed by atoms with E-state index in [1.807, 2.05) is 0 Å². The second-order valence-corrected chi connectivity index (χ2v) is 10.6. The lowest BCUT2D eigenvalue weighted by atomic mass is 10.3. The number of fused-ring (bicyclic) bond motifs is 1. The molecule has 2 N–H and O–H groups in total. The van der Waals surface area contributed by atoms with Crippen molar-refractivity contribution < 1.29 is 26.4 Å². The molecule has 1 aromatic carbocycles. The lowest BCUT2D eigenvalue weighted by molar-refractivity contribution is -0.141. The molecule has 0 spiro atoms. The first-order valence-electron chi connectivity index (χ1n) is 7.19. The third kappa shape index (κ3) is 4.11. The smallest absolute Gasteiger partial charge is 0.325 e. The monoisotopic (exact) mass is 447 g/mol. The number of benzene rings is 1. The fourth-order valence-corrected chi connectivity index (χ4v) is 6.06. The summed E-state index contributed by atoms with van der Waals surface area (Å²) in [7, 11) is -6.72. The molecule has 0 saturated heterocycles. The predicted molar refractivity (Wildman–Crippen MR) is 100 cm³/mol. The van der Waals surface area contributed by atoms with E-state index in [9.17, 15) is 21.6 Å². The Morgan fingerprint density at radius 3 is 2.59 bits per heavy atom. The van der Waals surface area contributed by atoms with Gasteiger partial charge in [0.25, 0.3) is 10.0 Å². The molecule has 144 valence electrons. The van der Waals surface area contributed by atoms with Gasteiger partial charge in [0.05, 0.1) is 22.2 Å². The molecule has 3 rings (SSSR count). The number of aromatic nitrogens is 1. The summed E-state index contributed by atoms with van der Waals surface area (Å²) in [4.78, 5) is 11.6. The van der Waals surface area contributed by atoms with E-state index in [1.165, 1.54) is 35.9 Å². The van der Waals surface area contributed by atoms with Crippen LogP contribution in [0.3, 0.4) is 0 Å². The average molecular weight is 448 g/mol. The van der Waals surface area contributed by atoms with Gasteiger partial charge in [-0.05, 0) is 29.6 Å². The highest BCUT2D eigenvalue weighted by Crippen LogP contribution is 2.23. The number of ether oxygens (including phenoxy) is 1. The van der Waals surface area contributed by atoms with E-state index in [-0.39, 0.29) is 20.5 Å². The Morgan fingerprint density at radius 2 is 2.00 bits per heavy atom. The maximum atomic E-state index is 12.5. The van der Waals surface area contributed by atoms with Crippen LogP contribution < -0.4 is 9.94 Å². The third-order valence-electron chi connectivity index (χ3n) is 3.45. The lowest BCUT2D eigenvalue weighted by Crippen LogP contribution is -2.22. The quantitative estimate of drug-likeness (QED) is 0.576. The van der Waals surface area contributed by atoms with E-state index >= 15 is 0 Å². The van der Waals surface area contributed by atoms with E-state index in [0.29, 0.717) is 10.2 Å². The largest absolute Gasteiger partial charge is 0.468 e. The molecule has 9 nitrogen and oxygen atoms in total. The van der Waals surface area contributed by atoms with Gasteiger partial charge in [0, 0.05) is 0 Å². The Bertz CT molecular complexity index is 1280. The standard InChI is InChI=1S/C14H13N3O6S4/c1-23-12(18)8-17-10-5-4-9(26(15,19)20)7-11(10)25-14(17)16-27(21,22)13-3-2-6-24-13/h2-7H,8H2,1H3,(H2,15,19,20)/b16-14-. The number of carbonyl (C=O) groups excluding carboxylic acids is 1. The van der Waals surface area contributed by atoms with Gasteiger partial charge in [0.15, 0.2) is 0 Å². The van der Waals surface area contributed by atoms with Crippen molar-refractivity contribution in [3.63, 3.8) is 0 Å². The number of sulfonamides is 2. The molecule has 27 heavy (non-hydrogen) atoms. The van der Waals surface area contributed by atoms with Gasteiger partial charge in [-0.25, -0.2) is 13.6 Å². The minimum absolute atomic E-state index is 0.00960. The fourth-order valence-electron chi connectivity index (χ4n) is 2.21. The maximum Gasteiger partial charge on any atom is 0.325 e. The molecule has 2 aromatic heterocycles. The van der Waals surface area contributed by atoms with Gasteiger partial charge in [-0.3, -0.25) is 4.79 Å². The second-order valence-electron chi connectivity index (χ2n) is 5.22. The van der Waals surface area contributed by atoms with Crippen LogP contribution in [-0.4, -0.2) is 34.5 Å². The van der Waals surface area contributed by atoms with Gasteiger partial charge in [0.2, 0.25) is 14.8 Å². The molecule has 0 aliphatic heterocycles. The molecule has 0 fully saturated rings. The number of nitrogens with zero attached hydrogens (tertiary/aromatic N) is 2. The van der Waals surface area contributed by atoms with E-state index in [4.69, 9.17) is 5.14 Å². The molecule has 0 aliphatic carbocycles. The van der Waals surface area contributed by atoms with E-state index in [2.05, 4.69) is 9.13 Å². The zero-order chi connectivity index (χ0) is 19.8. The number of thiophene rings is 1.